The quantitative estimate of drug-likeness (QED) is 0.291. The first-order valence-electron chi connectivity index (χ1n) is 10.9. The van der Waals surface area contributed by atoms with Crippen molar-refractivity contribution in [2.24, 2.45) is 0 Å². The fourth-order valence-electron chi connectivity index (χ4n) is 3.93. The van der Waals surface area contributed by atoms with Crippen LogP contribution in [0.5, 0.6) is 0 Å². The lowest BCUT2D eigenvalue weighted by molar-refractivity contribution is -0.114. The Balaban J connectivity index is 0.00000342. The first-order valence-corrected chi connectivity index (χ1v) is 11.7. The zero-order valence-electron chi connectivity index (χ0n) is 19.4. The van der Waals surface area contributed by atoms with Crippen molar-refractivity contribution in [1.82, 2.24) is 25.6 Å². The second-order valence-corrected chi connectivity index (χ2v) is 9.54. The Bertz CT molecular complexity index is 1210. The summed E-state index contributed by atoms with van der Waals surface area (Å²) in [7, 11) is 0. The molecule has 0 bridgehead atoms. The van der Waals surface area contributed by atoms with Crippen LogP contribution in [-0.4, -0.2) is 46.5 Å². The van der Waals surface area contributed by atoms with Crippen LogP contribution in [0.1, 0.15) is 25.1 Å². The number of hydrogen-bond donors (Lipinski definition) is 4. The normalized spacial score (nSPS) is 16.9. The molecule has 1 saturated heterocycles. The molecule has 3 heterocycles. The summed E-state index contributed by atoms with van der Waals surface area (Å²) in [4.78, 5) is 25.2. The van der Waals surface area contributed by atoms with Gasteiger partial charge in [-0.1, -0.05) is 30.0 Å². The van der Waals surface area contributed by atoms with Crippen LogP contribution in [0, 0.1) is 11.3 Å². The van der Waals surface area contributed by atoms with Crippen molar-refractivity contribution in [1.29, 1.82) is 5.26 Å². The van der Waals surface area contributed by atoms with E-state index in [0.717, 1.165) is 25.3 Å². The summed E-state index contributed by atoms with van der Waals surface area (Å²) in [6, 6.07) is 15.2. The van der Waals surface area contributed by atoms with Gasteiger partial charge in [0.15, 0.2) is 5.16 Å². The lowest BCUT2D eigenvalue weighted by Gasteiger charge is -2.39. The smallest absolute Gasteiger partial charge is 0.221 e. The second-order valence-electron chi connectivity index (χ2n) is 8.12. The van der Waals surface area contributed by atoms with Gasteiger partial charge in [0, 0.05) is 50.0 Å². The van der Waals surface area contributed by atoms with E-state index in [9.17, 15) is 10.1 Å². The number of hydrogen-bond acceptors (Lipinski definition) is 9. The zero-order chi connectivity index (χ0) is 24.1. The molecular weight excluding hydrogens is 484 g/mol. The van der Waals surface area contributed by atoms with Crippen LogP contribution in [0.2, 0.25) is 0 Å². The van der Waals surface area contributed by atoms with Crippen LogP contribution in [-0.2, 0) is 9.54 Å². The third-order valence-electron chi connectivity index (χ3n) is 5.69. The highest BCUT2D eigenvalue weighted by Gasteiger charge is 2.40. The minimum absolute atomic E-state index is 0. The van der Waals surface area contributed by atoms with Crippen LogP contribution in [0.25, 0.3) is 11.3 Å². The van der Waals surface area contributed by atoms with Crippen LogP contribution >= 0.6 is 24.2 Å². The lowest BCUT2D eigenvalue weighted by Crippen LogP contribution is -2.56. The standard InChI is InChI=1S/C24H26N8OS.ClH/c1-15(33)30-17-8-6-16(7-9-17)21-18(13-25)22(26)32-23(31-21)34-24(2,19-5-3-4-10-28-19)20-14-27-11-12-29-20;/h3-10,20,27,29H,11-12,14H2,1-2H3,(H,30,33)(H2,26,31,32);1H. The number of anilines is 2. The molecule has 5 N–H and O–H groups in total. The third-order valence-corrected chi connectivity index (χ3v) is 6.97. The minimum atomic E-state index is -0.498. The molecule has 2 atom stereocenters. The van der Waals surface area contributed by atoms with Crippen LogP contribution in [0.15, 0.2) is 53.8 Å². The molecule has 2 unspecified atom stereocenters. The Morgan fingerprint density at radius 1 is 1.23 bits per heavy atom. The molecule has 9 nitrogen and oxygen atoms in total. The van der Waals surface area contributed by atoms with Crippen molar-refractivity contribution >= 4 is 41.6 Å². The number of aromatic nitrogens is 3. The average Bonchev–Trinajstić information content (AvgIpc) is 2.85. The van der Waals surface area contributed by atoms with Crippen molar-refractivity contribution in [3.8, 4) is 17.3 Å². The lowest BCUT2D eigenvalue weighted by atomic mass is 9.95. The molecule has 0 spiro atoms. The maximum absolute atomic E-state index is 11.3. The maximum Gasteiger partial charge on any atom is 0.221 e. The highest BCUT2D eigenvalue weighted by molar-refractivity contribution is 8.00. The van der Waals surface area contributed by atoms with E-state index in [1.54, 1.807) is 30.5 Å². The molecule has 182 valence electrons. The molecule has 2 aromatic heterocycles. The number of piperazine rings is 1. The first kappa shape index (κ1) is 26.4. The summed E-state index contributed by atoms with van der Waals surface area (Å²) in [6.45, 7) is 6.08. The van der Waals surface area contributed by atoms with Crippen molar-refractivity contribution in [2.75, 3.05) is 30.7 Å². The van der Waals surface area contributed by atoms with Gasteiger partial charge in [0.05, 0.1) is 16.1 Å². The number of amides is 1. The molecular formula is C24H27ClN8OS. The van der Waals surface area contributed by atoms with Gasteiger partial charge in [-0.15, -0.1) is 12.4 Å². The van der Waals surface area contributed by atoms with E-state index in [0.29, 0.717) is 22.1 Å². The molecule has 0 radical (unpaired) electrons. The number of nitrogens with one attached hydrogen (secondary N) is 3. The molecule has 4 rings (SSSR count). The molecule has 35 heavy (non-hydrogen) atoms. The SMILES string of the molecule is CC(=O)Nc1ccc(-c2nc(SC(C)(c3ccccn3)C3CNCCN3)nc(N)c2C#N)cc1.Cl. The van der Waals surface area contributed by atoms with Crippen LogP contribution in [0.4, 0.5) is 11.5 Å². The fraction of sp³-hybridized carbons (Fsp3) is 0.292. The summed E-state index contributed by atoms with van der Waals surface area (Å²) in [6.07, 6.45) is 1.78. The van der Waals surface area contributed by atoms with Crippen molar-refractivity contribution in [3.05, 3.63) is 59.9 Å². The molecule has 1 amide bonds. The number of carbonyl (C=O) groups excluding carboxylic acids is 1. The van der Waals surface area contributed by atoms with Gasteiger partial charge in [0.1, 0.15) is 17.5 Å². The number of benzene rings is 1. The van der Waals surface area contributed by atoms with Crippen LogP contribution < -0.4 is 21.7 Å². The topological polar surface area (TPSA) is 142 Å². The van der Waals surface area contributed by atoms with E-state index < -0.39 is 4.75 Å². The van der Waals surface area contributed by atoms with Gasteiger partial charge < -0.3 is 21.7 Å². The van der Waals surface area contributed by atoms with E-state index in [4.69, 9.17) is 10.7 Å². The van der Waals surface area contributed by atoms with Crippen molar-refractivity contribution in [2.45, 2.75) is 29.8 Å². The Kier molecular flexibility index (Phi) is 8.64. The van der Waals surface area contributed by atoms with E-state index in [1.807, 2.05) is 18.2 Å². The number of rotatable bonds is 6. The highest BCUT2D eigenvalue weighted by atomic mass is 35.5. The van der Waals surface area contributed by atoms with Crippen molar-refractivity contribution in [3.63, 3.8) is 0 Å². The number of nitrogen functional groups attached to an aromatic ring is 1. The molecule has 1 fully saturated rings. The van der Waals surface area contributed by atoms with Gasteiger partial charge >= 0.3 is 0 Å². The Morgan fingerprint density at radius 3 is 2.60 bits per heavy atom. The molecule has 1 aliphatic rings. The predicted molar refractivity (Wildman–Crippen MR) is 140 cm³/mol. The average molecular weight is 511 g/mol. The zero-order valence-corrected chi connectivity index (χ0v) is 21.0. The number of carbonyl (C=O) groups is 1. The number of thioether (sulfide) groups is 1. The molecule has 11 heteroatoms. The fourth-order valence-corrected chi connectivity index (χ4v) is 5.12. The summed E-state index contributed by atoms with van der Waals surface area (Å²) >= 11 is 1.47. The van der Waals surface area contributed by atoms with E-state index in [2.05, 4.69) is 38.9 Å². The summed E-state index contributed by atoms with van der Waals surface area (Å²) in [5.74, 6) is -0.0333. The summed E-state index contributed by atoms with van der Waals surface area (Å²) < 4.78 is -0.498. The van der Waals surface area contributed by atoms with Crippen molar-refractivity contribution < 1.29 is 4.79 Å². The minimum Gasteiger partial charge on any atom is -0.382 e. The molecule has 1 aliphatic heterocycles. The third kappa shape index (κ3) is 5.89. The molecule has 3 aromatic rings. The summed E-state index contributed by atoms with van der Waals surface area (Å²) in [5.41, 5.74) is 9.14. The number of pyridine rings is 1. The van der Waals surface area contributed by atoms with E-state index in [1.165, 1.54) is 18.7 Å². The summed E-state index contributed by atoms with van der Waals surface area (Å²) in [5, 5.41) is 20.0. The van der Waals surface area contributed by atoms with Gasteiger partial charge in [0.2, 0.25) is 5.91 Å². The van der Waals surface area contributed by atoms with Gasteiger partial charge in [-0.05, 0) is 31.2 Å². The van der Waals surface area contributed by atoms with Gasteiger partial charge in [-0.25, -0.2) is 9.97 Å². The molecule has 1 aromatic carbocycles. The Hall–Kier alpha value is -3.23. The molecule has 0 aliphatic carbocycles. The number of halogens is 1. The monoisotopic (exact) mass is 510 g/mol. The van der Waals surface area contributed by atoms with Gasteiger partial charge in [-0.3, -0.25) is 9.78 Å². The second kappa shape index (κ2) is 11.5. The Morgan fingerprint density at radius 2 is 2.00 bits per heavy atom. The predicted octanol–water partition coefficient (Wildman–Crippen LogP) is 2.94. The number of nitrogens with two attached hydrogens (primary N) is 1. The Labute approximate surface area is 214 Å². The molecule has 0 saturated carbocycles. The van der Waals surface area contributed by atoms with Gasteiger partial charge in [-0.2, -0.15) is 5.26 Å². The highest BCUT2D eigenvalue weighted by Crippen LogP contribution is 2.43. The van der Waals surface area contributed by atoms with E-state index >= 15 is 0 Å². The largest absolute Gasteiger partial charge is 0.382 e. The number of nitriles is 1. The maximum atomic E-state index is 11.3. The number of nitrogens with zero attached hydrogens (tertiary/aromatic N) is 4. The van der Waals surface area contributed by atoms with Gasteiger partial charge in [0.25, 0.3) is 0 Å². The first-order chi connectivity index (χ1) is 16.4. The van der Waals surface area contributed by atoms with Crippen LogP contribution in [0.3, 0.4) is 0 Å². The van der Waals surface area contributed by atoms with E-state index in [-0.39, 0.29) is 35.7 Å².